The van der Waals surface area contributed by atoms with Crippen molar-refractivity contribution >= 4 is 11.9 Å². The van der Waals surface area contributed by atoms with Gasteiger partial charge in [0.2, 0.25) is 5.91 Å². The molecule has 0 bridgehead atoms. The average molecular weight is 315 g/mol. The molecule has 23 heavy (non-hydrogen) atoms. The van der Waals surface area contributed by atoms with Crippen LogP contribution in [0.5, 0.6) is 0 Å². The van der Waals surface area contributed by atoms with E-state index >= 15 is 0 Å². The second kappa shape index (κ2) is 7.16. The molecular formula is C19H25NO3. The lowest BCUT2D eigenvalue weighted by molar-refractivity contribution is -0.152. The zero-order valence-electron chi connectivity index (χ0n) is 13.8. The van der Waals surface area contributed by atoms with Gasteiger partial charge in [0, 0.05) is 25.9 Å². The number of nitrogens with zero attached hydrogens (tertiary/aromatic N) is 1. The molecular weight excluding hydrogens is 290 g/mol. The Bertz CT molecular complexity index is 576. The molecule has 0 saturated carbocycles. The number of ether oxygens (including phenoxy) is 1. The molecule has 1 aliphatic carbocycles. The first-order chi connectivity index (χ1) is 11.1. The fourth-order valence-corrected chi connectivity index (χ4v) is 3.76. The fraction of sp³-hybridized carbons (Fsp3) is 0.579. The standard InChI is InChI=1S/C19H25NO3/c1-14(21)20-11-9-16(10-12-20)19(22)23-13-17-7-4-6-15-5-2-3-8-18(15)17/h2-3,5,8,16-17H,4,6-7,9-13H2,1H3. The molecule has 1 heterocycles. The number of aryl methyl sites for hydroxylation is 1. The van der Waals surface area contributed by atoms with Crippen LogP contribution in [0.3, 0.4) is 0 Å². The summed E-state index contributed by atoms with van der Waals surface area (Å²) in [6, 6.07) is 8.49. The minimum absolute atomic E-state index is 0.0514. The molecule has 0 spiro atoms. The lowest BCUT2D eigenvalue weighted by atomic mass is 9.83. The number of esters is 1. The van der Waals surface area contributed by atoms with Gasteiger partial charge in [-0.3, -0.25) is 9.59 Å². The van der Waals surface area contributed by atoms with Crippen LogP contribution in [0.2, 0.25) is 0 Å². The van der Waals surface area contributed by atoms with Crippen molar-refractivity contribution in [2.75, 3.05) is 19.7 Å². The highest BCUT2D eigenvalue weighted by molar-refractivity contribution is 5.75. The third-order valence-electron chi connectivity index (χ3n) is 5.19. The van der Waals surface area contributed by atoms with Gasteiger partial charge in [0.1, 0.15) is 0 Å². The molecule has 0 radical (unpaired) electrons. The van der Waals surface area contributed by atoms with Gasteiger partial charge in [0.25, 0.3) is 0 Å². The molecule has 1 atom stereocenters. The topological polar surface area (TPSA) is 46.6 Å². The monoisotopic (exact) mass is 315 g/mol. The number of benzene rings is 1. The van der Waals surface area contributed by atoms with Crippen molar-refractivity contribution in [1.29, 1.82) is 0 Å². The lowest BCUT2D eigenvalue weighted by Gasteiger charge is -2.31. The number of hydrogen-bond acceptors (Lipinski definition) is 3. The second-order valence-corrected chi connectivity index (χ2v) is 6.70. The number of carbonyl (C=O) groups is 2. The number of carbonyl (C=O) groups excluding carboxylic acids is 2. The van der Waals surface area contributed by atoms with E-state index in [2.05, 4.69) is 24.3 Å². The van der Waals surface area contributed by atoms with Crippen molar-refractivity contribution in [2.45, 2.75) is 44.9 Å². The van der Waals surface area contributed by atoms with Crippen molar-refractivity contribution in [1.82, 2.24) is 4.90 Å². The van der Waals surface area contributed by atoms with E-state index in [4.69, 9.17) is 4.74 Å². The van der Waals surface area contributed by atoms with Gasteiger partial charge in [-0.1, -0.05) is 24.3 Å². The van der Waals surface area contributed by atoms with E-state index in [0.29, 0.717) is 25.6 Å². The van der Waals surface area contributed by atoms with Gasteiger partial charge in [-0.2, -0.15) is 0 Å². The van der Waals surface area contributed by atoms with Gasteiger partial charge in [0.05, 0.1) is 12.5 Å². The highest BCUT2D eigenvalue weighted by Crippen LogP contribution is 2.32. The van der Waals surface area contributed by atoms with E-state index in [9.17, 15) is 9.59 Å². The minimum Gasteiger partial charge on any atom is -0.465 e. The Morgan fingerprint density at radius 3 is 2.65 bits per heavy atom. The number of fused-ring (bicyclic) bond motifs is 1. The van der Waals surface area contributed by atoms with Gasteiger partial charge in [-0.25, -0.2) is 0 Å². The minimum atomic E-state index is -0.0868. The predicted octanol–water partition coefficient (Wildman–Crippen LogP) is 2.91. The first-order valence-electron chi connectivity index (χ1n) is 8.65. The van der Waals surface area contributed by atoms with Crippen molar-refractivity contribution in [2.24, 2.45) is 5.92 Å². The molecule has 1 aromatic rings. The first-order valence-corrected chi connectivity index (χ1v) is 8.65. The molecule has 124 valence electrons. The number of likely N-dealkylation sites (tertiary alicyclic amines) is 1. The SMILES string of the molecule is CC(=O)N1CCC(C(=O)OCC2CCCc3ccccc32)CC1. The Balaban J connectivity index is 1.51. The molecule has 0 aromatic heterocycles. The van der Waals surface area contributed by atoms with Gasteiger partial charge >= 0.3 is 5.97 Å². The molecule has 1 saturated heterocycles. The number of piperidine rings is 1. The summed E-state index contributed by atoms with van der Waals surface area (Å²) in [6.45, 7) is 3.41. The molecule has 1 unspecified atom stereocenters. The van der Waals surface area contributed by atoms with Crippen LogP contribution in [0.15, 0.2) is 24.3 Å². The summed E-state index contributed by atoms with van der Waals surface area (Å²) < 4.78 is 5.63. The van der Waals surface area contributed by atoms with Crippen molar-refractivity contribution in [3.8, 4) is 0 Å². The normalized spacial score (nSPS) is 21.6. The maximum absolute atomic E-state index is 12.3. The average Bonchev–Trinajstić information content (AvgIpc) is 2.59. The largest absolute Gasteiger partial charge is 0.465 e. The molecule has 1 amide bonds. The van der Waals surface area contributed by atoms with Crippen molar-refractivity contribution in [3.63, 3.8) is 0 Å². The lowest BCUT2D eigenvalue weighted by Crippen LogP contribution is -2.39. The van der Waals surface area contributed by atoms with Crippen LogP contribution in [0.1, 0.15) is 49.7 Å². The van der Waals surface area contributed by atoms with Crippen LogP contribution >= 0.6 is 0 Å². The van der Waals surface area contributed by atoms with Gasteiger partial charge in [-0.05, 0) is 43.2 Å². The Morgan fingerprint density at radius 1 is 1.17 bits per heavy atom. The fourth-order valence-electron chi connectivity index (χ4n) is 3.76. The van der Waals surface area contributed by atoms with Crippen LogP contribution in [-0.2, 0) is 20.7 Å². The van der Waals surface area contributed by atoms with E-state index in [0.717, 1.165) is 32.1 Å². The van der Waals surface area contributed by atoms with Gasteiger partial charge < -0.3 is 9.64 Å². The molecule has 3 rings (SSSR count). The van der Waals surface area contributed by atoms with Crippen LogP contribution < -0.4 is 0 Å². The Hall–Kier alpha value is -1.84. The van der Waals surface area contributed by atoms with Crippen molar-refractivity contribution < 1.29 is 14.3 Å². The van der Waals surface area contributed by atoms with E-state index in [-0.39, 0.29) is 17.8 Å². The summed E-state index contributed by atoms with van der Waals surface area (Å²) in [5, 5.41) is 0. The Morgan fingerprint density at radius 2 is 1.91 bits per heavy atom. The predicted molar refractivity (Wildman–Crippen MR) is 88.1 cm³/mol. The quantitative estimate of drug-likeness (QED) is 0.806. The first kappa shape index (κ1) is 16.0. The molecule has 4 heteroatoms. The van der Waals surface area contributed by atoms with E-state index in [1.165, 1.54) is 11.1 Å². The molecule has 1 aromatic carbocycles. The Labute approximate surface area is 137 Å². The summed E-state index contributed by atoms with van der Waals surface area (Å²) in [4.78, 5) is 25.4. The van der Waals surface area contributed by atoms with E-state index in [1.807, 2.05) is 0 Å². The zero-order valence-corrected chi connectivity index (χ0v) is 13.8. The summed E-state index contributed by atoms with van der Waals surface area (Å²) >= 11 is 0. The smallest absolute Gasteiger partial charge is 0.309 e. The van der Waals surface area contributed by atoms with Crippen molar-refractivity contribution in [3.05, 3.63) is 35.4 Å². The summed E-state index contributed by atoms with van der Waals surface area (Å²) in [5.41, 5.74) is 2.74. The van der Waals surface area contributed by atoms with Gasteiger partial charge in [-0.15, -0.1) is 0 Å². The highest BCUT2D eigenvalue weighted by Gasteiger charge is 2.28. The van der Waals surface area contributed by atoms with E-state index < -0.39 is 0 Å². The number of amides is 1. The molecule has 4 nitrogen and oxygen atoms in total. The summed E-state index contributed by atoms with van der Waals surface area (Å²) in [6.07, 6.45) is 4.83. The third-order valence-corrected chi connectivity index (χ3v) is 5.19. The molecule has 0 N–H and O–H groups in total. The summed E-state index contributed by atoms with van der Waals surface area (Å²) in [7, 11) is 0. The van der Waals surface area contributed by atoms with Gasteiger partial charge in [0.15, 0.2) is 0 Å². The Kier molecular flexibility index (Phi) is 4.99. The van der Waals surface area contributed by atoms with Crippen LogP contribution in [0, 0.1) is 5.92 Å². The van der Waals surface area contributed by atoms with E-state index in [1.54, 1.807) is 11.8 Å². The maximum atomic E-state index is 12.3. The maximum Gasteiger partial charge on any atom is 0.309 e. The number of rotatable bonds is 3. The molecule has 2 aliphatic rings. The summed E-state index contributed by atoms with van der Waals surface area (Å²) in [5.74, 6) is 0.289. The van der Waals surface area contributed by atoms with Crippen LogP contribution in [0.4, 0.5) is 0 Å². The zero-order chi connectivity index (χ0) is 16.2. The number of hydrogen-bond donors (Lipinski definition) is 0. The van der Waals surface area contributed by atoms with Crippen LogP contribution in [-0.4, -0.2) is 36.5 Å². The highest BCUT2D eigenvalue weighted by atomic mass is 16.5. The molecule has 1 aliphatic heterocycles. The molecule has 1 fully saturated rings. The second-order valence-electron chi connectivity index (χ2n) is 6.70. The van der Waals surface area contributed by atoms with Crippen LogP contribution in [0.25, 0.3) is 0 Å². The third kappa shape index (κ3) is 3.74.